The van der Waals surface area contributed by atoms with E-state index in [-0.39, 0.29) is 11.5 Å². The smallest absolute Gasteiger partial charge is 0.266 e. The van der Waals surface area contributed by atoms with Gasteiger partial charge in [-0.05, 0) is 18.9 Å². The predicted octanol–water partition coefficient (Wildman–Crippen LogP) is 1.28. The topological polar surface area (TPSA) is 72.2 Å². The second-order valence-electron chi connectivity index (χ2n) is 5.90. The molecule has 1 aliphatic rings. The van der Waals surface area contributed by atoms with Crippen molar-refractivity contribution in [1.29, 1.82) is 0 Å². The van der Waals surface area contributed by atoms with Gasteiger partial charge in [0.25, 0.3) is 5.56 Å². The first-order chi connectivity index (χ1) is 10.5. The van der Waals surface area contributed by atoms with Crippen LogP contribution in [0.15, 0.2) is 41.2 Å². The largest absolute Gasteiger partial charge is 0.387 e. The van der Waals surface area contributed by atoms with Crippen LogP contribution in [-0.2, 0) is 17.3 Å². The molecule has 0 bridgehead atoms. The minimum absolute atomic E-state index is 0.242. The number of nitrogens with zero attached hydrogens (tertiary/aromatic N) is 2. The first-order valence-electron chi connectivity index (χ1n) is 7.24. The third-order valence-corrected chi connectivity index (χ3v) is 4.63. The molecule has 3 rings (SSSR count). The summed E-state index contributed by atoms with van der Waals surface area (Å²) in [7, 11) is 1.57. The number of aldehydes is 1. The van der Waals surface area contributed by atoms with Gasteiger partial charge >= 0.3 is 0 Å². The van der Waals surface area contributed by atoms with E-state index in [0.717, 1.165) is 11.8 Å². The van der Waals surface area contributed by atoms with Gasteiger partial charge in [-0.3, -0.25) is 4.79 Å². The normalized spacial score (nSPS) is 24.8. The molecular weight excluding hydrogens is 280 g/mol. The number of carbonyl (C=O) groups is 1. The Bertz CT molecular complexity index is 769. The van der Waals surface area contributed by atoms with Crippen molar-refractivity contribution >= 4 is 6.29 Å². The predicted molar refractivity (Wildman–Crippen MR) is 81.5 cm³/mol. The first kappa shape index (κ1) is 14.7. The van der Waals surface area contributed by atoms with E-state index in [4.69, 9.17) is 0 Å². The van der Waals surface area contributed by atoms with Crippen LogP contribution < -0.4 is 5.56 Å². The third kappa shape index (κ3) is 2.09. The van der Waals surface area contributed by atoms with E-state index in [9.17, 15) is 14.7 Å². The number of aromatic nitrogens is 2. The fraction of sp³-hybridized carbons (Fsp3) is 0.353. The minimum atomic E-state index is -0.925. The van der Waals surface area contributed by atoms with Gasteiger partial charge in [0.1, 0.15) is 6.29 Å². The lowest BCUT2D eigenvalue weighted by molar-refractivity contribution is -0.109. The maximum atomic E-state index is 11.9. The Balaban J connectivity index is 2.10. The molecule has 5 nitrogen and oxygen atoms in total. The highest BCUT2D eigenvalue weighted by Crippen LogP contribution is 2.60. The molecule has 1 aromatic heterocycles. The van der Waals surface area contributed by atoms with Gasteiger partial charge in [0.2, 0.25) is 0 Å². The lowest BCUT2D eigenvalue weighted by Crippen LogP contribution is -2.27. The van der Waals surface area contributed by atoms with Gasteiger partial charge in [0, 0.05) is 30.0 Å². The van der Waals surface area contributed by atoms with Crippen LogP contribution in [0.4, 0.5) is 0 Å². The van der Waals surface area contributed by atoms with E-state index in [1.165, 1.54) is 10.7 Å². The SMILES string of the molecule is Cc1nn(C)c(=O)cc1C(O)[C@@]1(c2ccccc2)C[C@H]1C=O. The van der Waals surface area contributed by atoms with Crippen molar-refractivity contribution in [3.05, 3.63) is 63.6 Å². The molecule has 0 saturated heterocycles. The Labute approximate surface area is 128 Å². The molecule has 22 heavy (non-hydrogen) atoms. The molecule has 1 fully saturated rings. The Morgan fingerprint density at radius 3 is 2.68 bits per heavy atom. The summed E-state index contributed by atoms with van der Waals surface area (Å²) >= 11 is 0. The van der Waals surface area contributed by atoms with Crippen LogP contribution >= 0.6 is 0 Å². The zero-order valence-electron chi connectivity index (χ0n) is 12.6. The van der Waals surface area contributed by atoms with Gasteiger partial charge < -0.3 is 9.90 Å². The second-order valence-corrected chi connectivity index (χ2v) is 5.90. The second kappa shape index (κ2) is 5.18. The molecule has 1 N–H and O–H groups in total. The molecule has 1 saturated carbocycles. The van der Waals surface area contributed by atoms with E-state index in [1.807, 2.05) is 30.3 Å². The number of benzene rings is 1. The van der Waals surface area contributed by atoms with E-state index in [0.29, 0.717) is 17.7 Å². The van der Waals surface area contributed by atoms with Gasteiger partial charge in [0.15, 0.2) is 0 Å². The Hall–Kier alpha value is -2.27. The van der Waals surface area contributed by atoms with Gasteiger partial charge in [-0.25, -0.2) is 4.68 Å². The maximum Gasteiger partial charge on any atom is 0.266 e. The van der Waals surface area contributed by atoms with Crippen molar-refractivity contribution in [3.63, 3.8) is 0 Å². The molecular formula is C17H18N2O3. The number of aliphatic hydroxyl groups excluding tert-OH is 1. The highest BCUT2D eigenvalue weighted by atomic mass is 16.3. The summed E-state index contributed by atoms with van der Waals surface area (Å²) in [4.78, 5) is 23.2. The molecule has 0 amide bonds. The molecule has 1 heterocycles. The van der Waals surface area contributed by atoms with Crippen LogP contribution in [0.25, 0.3) is 0 Å². The fourth-order valence-electron chi connectivity index (χ4n) is 3.24. The minimum Gasteiger partial charge on any atom is -0.387 e. The van der Waals surface area contributed by atoms with Gasteiger partial charge in [-0.2, -0.15) is 5.10 Å². The quantitative estimate of drug-likeness (QED) is 0.863. The molecule has 1 aromatic carbocycles. The van der Waals surface area contributed by atoms with E-state index >= 15 is 0 Å². The summed E-state index contributed by atoms with van der Waals surface area (Å²) in [6.07, 6.45) is 0.544. The highest BCUT2D eigenvalue weighted by molar-refractivity contribution is 5.65. The van der Waals surface area contributed by atoms with E-state index in [1.54, 1.807) is 14.0 Å². The van der Waals surface area contributed by atoms with Crippen LogP contribution in [0.2, 0.25) is 0 Å². The molecule has 0 aliphatic heterocycles. The fourth-order valence-corrected chi connectivity index (χ4v) is 3.24. The van der Waals surface area contributed by atoms with Crippen LogP contribution in [0.5, 0.6) is 0 Å². The summed E-state index contributed by atoms with van der Waals surface area (Å²) in [6.45, 7) is 1.76. The molecule has 114 valence electrons. The lowest BCUT2D eigenvalue weighted by atomic mass is 9.83. The molecule has 1 unspecified atom stereocenters. The number of aryl methyl sites for hydroxylation is 2. The highest BCUT2D eigenvalue weighted by Gasteiger charge is 2.60. The number of hydrogen-bond donors (Lipinski definition) is 1. The number of rotatable bonds is 4. The van der Waals surface area contributed by atoms with Gasteiger partial charge in [-0.1, -0.05) is 30.3 Å². The van der Waals surface area contributed by atoms with E-state index in [2.05, 4.69) is 5.10 Å². The van der Waals surface area contributed by atoms with Gasteiger partial charge in [0.05, 0.1) is 11.8 Å². The van der Waals surface area contributed by atoms with Crippen molar-refractivity contribution in [2.24, 2.45) is 13.0 Å². The summed E-state index contributed by atoms with van der Waals surface area (Å²) in [5.41, 5.74) is 1.09. The number of hydrogen-bond acceptors (Lipinski definition) is 4. The summed E-state index contributed by atoms with van der Waals surface area (Å²) < 4.78 is 1.24. The first-order valence-corrected chi connectivity index (χ1v) is 7.24. The van der Waals surface area contributed by atoms with Crippen molar-refractivity contribution in [1.82, 2.24) is 9.78 Å². The van der Waals surface area contributed by atoms with Crippen molar-refractivity contribution < 1.29 is 9.90 Å². The van der Waals surface area contributed by atoms with Crippen LogP contribution in [0.3, 0.4) is 0 Å². The standard InChI is InChI=1S/C17H18N2O3/c1-11-14(8-15(21)19(2)18-11)16(22)17(9-13(17)10-20)12-6-4-3-5-7-12/h3-8,10,13,16,22H,9H2,1-2H3/t13-,16?,17+/m0/s1. The zero-order chi connectivity index (χ0) is 15.9. The lowest BCUT2D eigenvalue weighted by Gasteiger charge is -2.25. The zero-order valence-corrected chi connectivity index (χ0v) is 12.6. The summed E-state index contributed by atoms with van der Waals surface area (Å²) in [5, 5.41) is 15.1. The Kier molecular flexibility index (Phi) is 3.45. The average Bonchev–Trinajstić information content (AvgIpc) is 3.27. The van der Waals surface area contributed by atoms with Gasteiger partial charge in [-0.15, -0.1) is 0 Å². The van der Waals surface area contributed by atoms with Crippen LogP contribution in [0.1, 0.15) is 29.3 Å². The summed E-state index contributed by atoms with van der Waals surface area (Å²) in [5.74, 6) is -0.242. The molecule has 1 aliphatic carbocycles. The maximum absolute atomic E-state index is 11.9. The van der Waals surface area contributed by atoms with Crippen LogP contribution in [0, 0.1) is 12.8 Å². The number of carbonyl (C=O) groups excluding carboxylic acids is 1. The van der Waals surface area contributed by atoms with Crippen molar-refractivity contribution in [3.8, 4) is 0 Å². The summed E-state index contributed by atoms with van der Waals surface area (Å²) in [6, 6.07) is 10.9. The monoisotopic (exact) mass is 298 g/mol. The Morgan fingerprint density at radius 1 is 1.41 bits per heavy atom. The van der Waals surface area contributed by atoms with Crippen LogP contribution in [-0.4, -0.2) is 21.2 Å². The average molecular weight is 298 g/mol. The molecule has 2 aromatic rings. The van der Waals surface area contributed by atoms with E-state index < -0.39 is 11.5 Å². The third-order valence-electron chi connectivity index (χ3n) is 4.63. The molecule has 3 atom stereocenters. The van der Waals surface area contributed by atoms with Crippen molar-refractivity contribution in [2.45, 2.75) is 24.9 Å². The molecule has 5 heteroatoms. The molecule has 0 spiro atoms. The molecule has 0 radical (unpaired) electrons. The number of aliphatic hydroxyl groups is 1. The Morgan fingerprint density at radius 2 is 2.09 bits per heavy atom. The van der Waals surface area contributed by atoms with Crippen molar-refractivity contribution in [2.75, 3.05) is 0 Å².